The van der Waals surface area contributed by atoms with Gasteiger partial charge < -0.3 is 14.8 Å². The molecule has 0 bridgehead atoms. The maximum atomic E-state index is 5.28. The molecule has 1 heterocycles. The van der Waals surface area contributed by atoms with E-state index in [2.05, 4.69) is 37.9 Å². The molecule has 0 spiro atoms. The van der Waals surface area contributed by atoms with Crippen LogP contribution in [0.15, 0.2) is 18.2 Å². The number of nitrogens with zero attached hydrogens (tertiary/aromatic N) is 2. The number of hydrogen-bond acceptors (Lipinski definition) is 5. The first kappa shape index (κ1) is 14.8. The Hall–Kier alpha value is -1.57. The predicted octanol–water partition coefficient (Wildman–Crippen LogP) is 3.12. The van der Waals surface area contributed by atoms with Gasteiger partial charge in [-0.25, -0.2) is 9.97 Å². The fourth-order valence-electron chi connectivity index (χ4n) is 1.79. The first-order chi connectivity index (χ1) is 9.58. The molecular weight excluding hydrogens is 369 g/mol. The van der Waals surface area contributed by atoms with Gasteiger partial charge in [-0.3, -0.25) is 0 Å². The number of hydrogen-bond donors (Lipinski definition) is 1. The van der Waals surface area contributed by atoms with Gasteiger partial charge in [0.15, 0.2) is 5.82 Å². The summed E-state index contributed by atoms with van der Waals surface area (Å²) < 4.78 is 11.6. The molecule has 0 saturated carbocycles. The highest BCUT2D eigenvalue weighted by Gasteiger charge is 2.12. The molecule has 5 nitrogen and oxygen atoms in total. The van der Waals surface area contributed by atoms with Crippen molar-refractivity contribution in [2.24, 2.45) is 0 Å². The second kappa shape index (κ2) is 6.25. The molecule has 0 saturated heterocycles. The molecule has 0 fully saturated rings. The van der Waals surface area contributed by atoms with E-state index < -0.39 is 0 Å². The summed E-state index contributed by atoms with van der Waals surface area (Å²) in [6.45, 7) is 1.96. The van der Waals surface area contributed by atoms with Crippen LogP contribution in [0.1, 0.15) is 5.69 Å². The lowest BCUT2D eigenvalue weighted by molar-refractivity contribution is 0.394. The van der Waals surface area contributed by atoms with Crippen LogP contribution in [0.5, 0.6) is 11.5 Å². The summed E-state index contributed by atoms with van der Waals surface area (Å²) in [6, 6.07) is 5.61. The third kappa shape index (κ3) is 2.95. The minimum atomic E-state index is 0.643. The van der Waals surface area contributed by atoms with Crippen LogP contribution in [0.4, 0.5) is 5.82 Å². The zero-order valence-electron chi connectivity index (χ0n) is 11.8. The molecule has 106 valence electrons. The molecule has 1 aromatic carbocycles. The SMILES string of the molecule is CNc1nc(-c2cc(OC)cc(OC)c2)nc(C)c1I. The van der Waals surface area contributed by atoms with Crippen LogP contribution in [0, 0.1) is 10.5 Å². The molecular formula is C14H16IN3O2. The van der Waals surface area contributed by atoms with Crippen molar-refractivity contribution >= 4 is 28.4 Å². The minimum Gasteiger partial charge on any atom is -0.497 e. The number of aromatic nitrogens is 2. The third-order valence-corrected chi connectivity index (χ3v) is 4.15. The second-order valence-electron chi connectivity index (χ2n) is 4.15. The molecule has 20 heavy (non-hydrogen) atoms. The van der Waals surface area contributed by atoms with Crippen molar-refractivity contribution in [2.75, 3.05) is 26.6 Å². The Bertz CT molecular complexity index is 610. The van der Waals surface area contributed by atoms with Gasteiger partial charge in [-0.15, -0.1) is 0 Å². The number of benzene rings is 1. The summed E-state index contributed by atoms with van der Waals surface area (Å²) in [4.78, 5) is 9.06. The molecule has 0 aliphatic carbocycles. The van der Waals surface area contributed by atoms with E-state index in [9.17, 15) is 0 Å². The van der Waals surface area contributed by atoms with Crippen molar-refractivity contribution in [3.05, 3.63) is 27.5 Å². The Kier molecular flexibility index (Phi) is 4.64. The highest BCUT2D eigenvalue weighted by molar-refractivity contribution is 14.1. The lowest BCUT2D eigenvalue weighted by Crippen LogP contribution is -2.03. The monoisotopic (exact) mass is 385 g/mol. The molecule has 1 N–H and O–H groups in total. The van der Waals surface area contributed by atoms with Gasteiger partial charge in [0.25, 0.3) is 0 Å². The number of methoxy groups -OCH3 is 2. The van der Waals surface area contributed by atoms with Crippen molar-refractivity contribution in [3.8, 4) is 22.9 Å². The van der Waals surface area contributed by atoms with Crippen molar-refractivity contribution in [1.29, 1.82) is 0 Å². The molecule has 0 amide bonds. The van der Waals surface area contributed by atoms with E-state index >= 15 is 0 Å². The van der Waals surface area contributed by atoms with Crippen LogP contribution >= 0.6 is 22.6 Å². The number of ether oxygens (including phenoxy) is 2. The number of rotatable bonds is 4. The topological polar surface area (TPSA) is 56.3 Å². The van der Waals surface area contributed by atoms with Gasteiger partial charge in [0.2, 0.25) is 0 Å². The van der Waals surface area contributed by atoms with Gasteiger partial charge in [0, 0.05) is 18.7 Å². The Labute approximate surface area is 131 Å². The van der Waals surface area contributed by atoms with Gasteiger partial charge >= 0.3 is 0 Å². The van der Waals surface area contributed by atoms with Crippen LogP contribution in [-0.2, 0) is 0 Å². The first-order valence-electron chi connectivity index (χ1n) is 6.04. The van der Waals surface area contributed by atoms with Crippen LogP contribution in [0.2, 0.25) is 0 Å². The van der Waals surface area contributed by atoms with Gasteiger partial charge in [-0.1, -0.05) is 0 Å². The van der Waals surface area contributed by atoms with E-state index in [-0.39, 0.29) is 0 Å². The zero-order chi connectivity index (χ0) is 14.7. The molecule has 6 heteroatoms. The summed E-state index contributed by atoms with van der Waals surface area (Å²) in [5.74, 6) is 2.88. The van der Waals surface area contributed by atoms with Crippen molar-refractivity contribution in [1.82, 2.24) is 9.97 Å². The highest BCUT2D eigenvalue weighted by Crippen LogP contribution is 2.29. The van der Waals surface area contributed by atoms with Gasteiger partial charge in [0.05, 0.1) is 23.5 Å². The molecule has 0 aliphatic rings. The van der Waals surface area contributed by atoms with Crippen LogP contribution < -0.4 is 14.8 Å². The van der Waals surface area contributed by atoms with Gasteiger partial charge in [-0.05, 0) is 41.6 Å². The van der Waals surface area contributed by atoms with Gasteiger partial charge in [0.1, 0.15) is 17.3 Å². The Morgan fingerprint density at radius 3 is 2.15 bits per heavy atom. The smallest absolute Gasteiger partial charge is 0.162 e. The summed E-state index contributed by atoms with van der Waals surface area (Å²) in [6.07, 6.45) is 0. The van der Waals surface area contributed by atoms with E-state index in [0.717, 1.165) is 20.6 Å². The van der Waals surface area contributed by atoms with E-state index in [1.165, 1.54) is 0 Å². The van der Waals surface area contributed by atoms with Gasteiger partial charge in [-0.2, -0.15) is 0 Å². The first-order valence-corrected chi connectivity index (χ1v) is 7.12. The normalized spacial score (nSPS) is 10.2. The summed E-state index contributed by atoms with van der Waals surface area (Å²) in [7, 11) is 5.09. The maximum Gasteiger partial charge on any atom is 0.162 e. The Morgan fingerprint density at radius 2 is 1.65 bits per heavy atom. The molecule has 2 rings (SSSR count). The highest BCUT2D eigenvalue weighted by atomic mass is 127. The maximum absolute atomic E-state index is 5.28. The predicted molar refractivity (Wildman–Crippen MR) is 87.6 cm³/mol. The fraction of sp³-hybridized carbons (Fsp3) is 0.286. The fourth-order valence-corrected chi connectivity index (χ4v) is 2.30. The van der Waals surface area contributed by atoms with E-state index in [1.807, 2.05) is 32.2 Å². The Balaban J connectivity index is 2.58. The van der Waals surface area contributed by atoms with Crippen molar-refractivity contribution in [3.63, 3.8) is 0 Å². The van der Waals surface area contributed by atoms with Crippen molar-refractivity contribution in [2.45, 2.75) is 6.92 Å². The average Bonchev–Trinajstić information content (AvgIpc) is 2.49. The largest absolute Gasteiger partial charge is 0.497 e. The lowest BCUT2D eigenvalue weighted by atomic mass is 10.2. The number of anilines is 1. The summed E-state index contributed by atoms with van der Waals surface area (Å²) in [5, 5.41) is 3.08. The average molecular weight is 385 g/mol. The van der Waals surface area contributed by atoms with Crippen LogP contribution in [-0.4, -0.2) is 31.2 Å². The Morgan fingerprint density at radius 1 is 1.05 bits per heavy atom. The molecule has 0 unspecified atom stereocenters. The second-order valence-corrected chi connectivity index (χ2v) is 5.23. The molecule has 0 aliphatic heterocycles. The summed E-state index contributed by atoms with van der Waals surface area (Å²) >= 11 is 2.23. The van der Waals surface area contributed by atoms with Crippen LogP contribution in [0.25, 0.3) is 11.4 Å². The molecule has 0 radical (unpaired) electrons. The van der Waals surface area contributed by atoms with Crippen LogP contribution in [0.3, 0.4) is 0 Å². The number of halogens is 1. The third-order valence-electron chi connectivity index (χ3n) is 2.86. The minimum absolute atomic E-state index is 0.643. The van der Waals surface area contributed by atoms with E-state index in [1.54, 1.807) is 14.2 Å². The van der Waals surface area contributed by atoms with E-state index in [4.69, 9.17) is 9.47 Å². The van der Waals surface area contributed by atoms with E-state index in [0.29, 0.717) is 17.3 Å². The lowest BCUT2D eigenvalue weighted by Gasteiger charge is -2.11. The quantitative estimate of drug-likeness (QED) is 0.820. The zero-order valence-corrected chi connectivity index (χ0v) is 14.0. The molecule has 2 aromatic rings. The summed E-state index contributed by atoms with van der Waals surface area (Å²) in [5.41, 5.74) is 1.79. The number of nitrogens with one attached hydrogen (secondary N) is 1. The molecule has 1 aromatic heterocycles. The molecule has 0 atom stereocenters. The number of aryl methyl sites for hydroxylation is 1. The standard InChI is InChI=1S/C14H16IN3O2/c1-8-12(15)14(16-2)18-13(17-8)9-5-10(19-3)7-11(6-9)20-4/h5-7H,1-4H3,(H,16,17,18). The van der Waals surface area contributed by atoms with Crippen molar-refractivity contribution < 1.29 is 9.47 Å².